The van der Waals surface area contributed by atoms with E-state index in [1.807, 2.05) is 26.0 Å². The molecule has 2 rings (SSSR count). The number of aromatic amines is 1. The van der Waals surface area contributed by atoms with Crippen LogP contribution in [-0.2, 0) is 9.59 Å². The van der Waals surface area contributed by atoms with E-state index in [9.17, 15) is 14.4 Å². The summed E-state index contributed by atoms with van der Waals surface area (Å²) in [4.78, 5) is 39.2. The van der Waals surface area contributed by atoms with Gasteiger partial charge in [0.1, 0.15) is 24.1 Å². The zero-order valence-corrected chi connectivity index (χ0v) is 15.7. The fourth-order valence-electron chi connectivity index (χ4n) is 2.73. The molecule has 1 aromatic heterocycles. The third kappa shape index (κ3) is 5.30. The monoisotopic (exact) mass is 375 g/mol. The van der Waals surface area contributed by atoms with Gasteiger partial charge in [-0.15, -0.1) is 0 Å². The molecule has 0 aliphatic heterocycles. The minimum atomic E-state index is -0.794. The number of benzene rings is 1. The first-order chi connectivity index (χ1) is 12.8. The highest BCUT2D eigenvalue weighted by atomic mass is 16.5. The third-order valence-electron chi connectivity index (χ3n) is 4.05. The van der Waals surface area contributed by atoms with Crippen molar-refractivity contribution in [1.29, 1.82) is 0 Å². The van der Waals surface area contributed by atoms with E-state index in [2.05, 4.69) is 15.6 Å². The third-order valence-corrected chi connectivity index (χ3v) is 4.05. The molecule has 2 aromatic rings. The second kappa shape index (κ2) is 9.18. The maximum atomic E-state index is 12.6. The average molecular weight is 375 g/mol. The lowest BCUT2D eigenvalue weighted by Crippen LogP contribution is -2.48. The zero-order valence-electron chi connectivity index (χ0n) is 15.7. The van der Waals surface area contributed by atoms with Crippen LogP contribution in [-0.4, -0.2) is 54.0 Å². The summed E-state index contributed by atoms with van der Waals surface area (Å²) in [5.74, 6) is -0.602. The quantitative estimate of drug-likeness (QED) is 0.521. The SMILES string of the molecule is COc1cccc2[nH]c(C(=O)N[C@@H](CC(C)C)C(=O)NCC(=O)CO)cc12. The Kier molecular flexibility index (Phi) is 6.95. The van der Waals surface area contributed by atoms with Crippen molar-refractivity contribution in [3.63, 3.8) is 0 Å². The number of hydrogen-bond acceptors (Lipinski definition) is 5. The number of carbonyl (C=O) groups is 3. The summed E-state index contributed by atoms with van der Waals surface area (Å²) in [6.45, 7) is 2.94. The van der Waals surface area contributed by atoms with Crippen LogP contribution < -0.4 is 15.4 Å². The van der Waals surface area contributed by atoms with Crippen LogP contribution in [0.2, 0.25) is 0 Å². The van der Waals surface area contributed by atoms with Crippen LogP contribution in [0.15, 0.2) is 24.3 Å². The van der Waals surface area contributed by atoms with Gasteiger partial charge >= 0.3 is 0 Å². The standard InChI is InChI=1S/C19H25N3O5/c1-11(2)7-15(18(25)20-9-12(24)10-23)22-19(26)16-8-13-14(21-16)5-4-6-17(13)27-3/h4-6,8,11,15,21,23H,7,9-10H2,1-3H3,(H,20,25)(H,22,26)/t15-/m0/s1. The van der Waals surface area contributed by atoms with E-state index >= 15 is 0 Å². The molecule has 0 aliphatic rings. The van der Waals surface area contributed by atoms with Crippen molar-refractivity contribution < 1.29 is 24.2 Å². The van der Waals surface area contributed by atoms with Gasteiger partial charge < -0.3 is 25.5 Å². The molecule has 1 aromatic carbocycles. The Morgan fingerprint density at radius 1 is 1.26 bits per heavy atom. The van der Waals surface area contributed by atoms with Crippen molar-refractivity contribution in [2.45, 2.75) is 26.3 Å². The Labute approximate surface area is 157 Å². The number of Topliss-reactive ketones (excluding diaryl/α,β-unsaturated/α-hetero) is 1. The molecule has 2 amide bonds. The number of nitrogens with one attached hydrogen (secondary N) is 3. The van der Waals surface area contributed by atoms with Crippen molar-refractivity contribution in [3.8, 4) is 5.75 Å². The van der Waals surface area contributed by atoms with Gasteiger partial charge in [0.05, 0.1) is 13.7 Å². The first-order valence-corrected chi connectivity index (χ1v) is 8.72. The van der Waals surface area contributed by atoms with Crippen molar-refractivity contribution in [2.75, 3.05) is 20.3 Å². The van der Waals surface area contributed by atoms with Gasteiger partial charge in [0.2, 0.25) is 5.91 Å². The Bertz CT molecular complexity index is 828. The Morgan fingerprint density at radius 2 is 2.00 bits per heavy atom. The molecule has 0 unspecified atom stereocenters. The van der Waals surface area contributed by atoms with Gasteiger partial charge in [-0.3, -0.25) is 14.4 Å². The number of amides is 2. The van der Waals surface area contributed by atoms with Gasteiger partial charge in [-0.05, 0) is 30.5 Å². The summed E-state index contributed by atoms with van der Waals surface area (Å²) in [6.07, 6.45) is 0.411. The Morgan fingerprint density at radius 3 is 2.63 bits per heavy atom. The summed E-state index contributed by atoms with van der Waals surface area (Å²) < 4.78 is 5.29. The second-order valence-corrected chi connectivity index (χ2v) is 6.67. The lowest BCUT2D eigenvalue weighted by Gasteiger charge is -2.19. The predicted molar refractivity (Wildman–Crippen MR) is 101 cm³/mol. The molecule has 8 heteroatoms. The molecule has 0 spiro atoms. The van der Waals surface area contributed by atoms with Crippen molar-refractivity contribution in [3.05, 3.63) is 30.0 Å². The Balaban J connectivity index is 2.15. The molecule has 0 fully saturated rings. The maximum Gasteiger partial charge on any atom is 0.268 e. The fraction of sp³-hybridized carbons (Fsp3) is 0.421. The molecule has 0 saturated carbocycles. The molecule has 1 heterocycles. The van der Waals surface area contributed by atoms with E-state index in [-0.39, 0.29) is 12.5 Å². The molecular formula is C19H25N3O5. The summed E-state index contributed by atoms with van der Waals surface area (Å²) in [5, 5.41) is 14.7. The van der Waals surface area contributed by atoms with E-state index in [1.165, 1.54) is 0 Å². The van der Waals surface area contributed by atoms with Gasteiger partial charge in [-0.2, -0.15) is 0 Å². The van der Waals surface area contributed by atoms with Crippen LogP contribution in [0.5, 0.6) is 5.75 Å². The van der Waals surface area contributed by atoms with E-state index in [0.717, 1.165) is 10.9 Å². The second-order valence-electron chi connectivity index (χ2n) is 6.67. The fourth-order valence-corrected chi connectivity index (χ4v) is 2.73. The molecule has 4 N–H and O–H groups in total. The molecule has 0 saturated heterocycles. The molecule has 27 heavy (non-hydrogen) atoms. The van der Waals surface area contributed by atoms with Gasteiger partial charge in [-0.25, -0.2) is 0 Å². The van der Waals surface area contributed by atoms with Crippen molar-refractivity contribution in [2.24, 2.45) is 5.92 Å². The number of methoxy groups -OCH3 is 1. The number of ether oxygens (including phenoxy) is 1. The summed E-state index contributed by atoms with van der Waals surface area (Å²) in [5.41, 5.74) is 1.06. The van der Waals surface area contributed by atoms with Crippen LogP contribution in [0.1, 0.15) is 30.8 Å². The van der Waals surface area contributed by atoms with Gasteiger partial charge in [0.25, 0.3) is 5.91 Å². The zero-order chi connectivity index (χ0) is 20.0. The Hall–Kier alpha value is -2.87. The van der Waals surface area contributed by atoms with Crippen LogP contribution in [0.3, 0.4) is 0 Å². The minimum Gasteiger partial charge on any atom is -0.496 e. The van der Waals surface area contributed by atoms with Gasteiger partial charge in [-0.1, -0.05) is 19.9 Å². The molecule has 146 valence electrons. The number of ketones is 1. The number of H-pyrrole nitrogens is 1. The number of fused-ring (bicyclic) bond motifs is 1. The van der Waals surface area contributed by atoms with Crippen LogP contribution >= 0.6 is 0 Å². The van der Waals surface area contributed by atoms with Crippen LogP contribution in [0.25, 0.3) is 10.9 Å². The highest BCUT2D eigenvalue weighted by Crippen LogP contribution is 2.26. The van der Waals surface area contributed by atoms with E-state index < -0.39 is 30.2 Å². The molecule has 0 radical (unpaired) electrons. The van der Waals surface area contributed by atoms with Crippen LogP contribution in [0.4, 0.5) is 0 Å². The lowest BCUT2D eigenvalue weighted by atomic mass is 10.0. The van der Waals surface area contributed by atoms with Gasteiger partial charge in [0.15, 0.2) is 5.78 Å². The van der Waals surface area contributed by atoms with Crippen LogP contribution in [0, 0.1) is 5.92 Å². The summed E-state index contributed by atoms with van der Waals surface area (Å²) in [6, 6.07) is 6.31. The first-order valence-electron chi connectivity index (χ1n) is 8.72. The molecular weight excluding hydrogens is 350 g/mol. The number of aromatic nitrogens is 1. The highest BCUT2D eigenvalue weighted by Gasteiger charge is 2.24. The number of rotatable bonds is 9. The first kappa shape index (κ1) is 20.4. The lowest BCUT2D eigenvalue weighted by molar-refractivity contribution is -0.127. The van der Waals surface area contributed by atoms with Crippen molar-refractivity contribution in [1.82, 2.24) is 15.6 Å². The topological polar surface area (TPSA) is 121 Å². The molecule has 1 atom stereocenters. The average Bonchev–Trinajstić information content (AvgIpc) is 3.09. The smallest absolute Gasteiger partial charge is 0.268 e. The normalized spacial score (nSPS) is 12.0. The van der Waals surface area contributed by atoms with E-state index in [0.29, 0.717) is 17.9 Å². The molecule has 0 bridgehead atoms. The molecule has 8 nitrogen and oxygen atoms in total. The number of aliphatic hydroxyl groups is 1. The number of aliphatic hydroxyl groups excluding tert-OH is 1. The predicted octanol–water partition coefficient (Wildman–Crippen LogP) is 0.999. The number of carbonyl (C=O) groups excluding carboxylic acids is 3. The number of hydrogen-bond donors (Lipinski definition) is 4. The van der Waals surface area contributed by atoms with E-state index in [4.69, 9.17) is 9.84 Å². The maximum absolute atomic E-state index is 12.6. The summed E-state index contributed by atoms with van der Waals surface area (Å²) >= 11 is 0. The van der Waals surface area contributed by atoms with Crippen molar-refractivity contribution >= 4 is 28.5 Å². The minimum absolute atomic E-state index is 0.150. The van der Waals surface area contributed by atoms with E-state index in [1.54, 1.807) is 19.2 Å². The molecule has 0 aliphatic carbocycles. The summed E-state index contributed by atoms with van der Waals surface area (Å²) in [7, 11) is 1.55. The highest BCUT2D eigenvalue weighted by molar-refractivity contribution is 6.01. The largest absolute Gasteiger partial charge is 0.496 e. The van der Waals surface area contributed by atoms with Gasteiger partial charge in [0, 0.05) is 10.9 Å².